The fraction of sp³-hybridized carbons (Fsp3) is 0.0769. The largest absolute Gasteiger partial charge is 0.494 e. The van der Waals surface area contributed by atoms with Gasteiger partial charge in [-0.3, -0.25) is 0 Å². The van der Waals surface area contributed by atoms with E-state index in [1.54, 1.807) is 0 Å². The molecule has 4 rings (SSSR count). The van der Waals surface area contributed by atoms with Gasteiger partial charge in [-0.1, -0.05) is 66.7 Å². The Hall–Kier alpha value is -3.68. The molecule has 1 heterocycles. The van der Waals surface area contributed by atoms with Gasteiger partial charge >= 0.3 is 0 Å². The van der Waals surface area contributed by atoms with Crippen LogP contribution in [0.15, 0.2) is 84.2 Å². The zero-order valence-electron chi connectivity index (χ0n) is 16.6. The highest BCUT2D eigenvalue weighted by Gasteiger charge is 2.10. The van der Waals surface area contributed by atoms with Gasteiger partial charge in [0.15, 0.2) is 0 Å². The molecule has 0 saturated heterocycles. The van der Waals surface area contributed by atoms with Crippen molar-refractivity contribution in [1.29, 1.82) is 5.26 Å². The maximum Gasteiger partial charge on any atom is 0.134 e. The first kappa shape index (κ1) is 19.6. The molecule has 30 heavy (non-hydrogen) atoms. The molecule has 3 aromatic carbocycles. The molecule has 0 spiro atoms. The highest BCUT2D eigenvalue weighted by atomic mass is 32.1. The highest BCUT2D eigenvalue weighted by molar-refractivity contribution is 7.11. The van der Waals surface area contributed by atoms with Crippen molar-refractivity contribution in [3.05, 3.63) is 94.8 Å². The second kappa shape index (κ2) is 9.21. The zero-order chi connectivity index (χ0) is 20.8. The molecule has 0 fully saturated rings. The van der Waals surface area contributed by atoms with Crippen molar-refractivity contribution in [3.8, 4) is 34.2 Å². The number of rotatable bonds is 6. The third-order valence-corrected chi connectivity index (χ3v) is 5.52. The van der Waals surface area contributed by atoms with Crippen molar-refractivity contribution < 1.29 is 4.74 Å². The summed E-state index contributed by atoms with van der Waals surface area (Å²) in [7, 11) is 0. The number of thiazole rings is 1. The molecule has 0 bridgehead atoms. The number of aromatic nitrogens is 1. The number of ether oxygens (including phenoxy) is 1. The number of benzene rings is 3. The fourth-order valence-electron chi connectivity index (χ4n) is 3.13. The van der Waals surface area contributed by atoms with Gasteiger partial charge in [-0.05, 0) is 41.8 Å². The Labute approximate surface area is 180 Å². The van der Waals surface area contributed by atoms with Crippen molar-refractivity contribution in [3.63, 3.8) is 0 Å². The second-order valence-corrected chi connectivity index (χ2v) is 7.51. The molecule has 0 N–H and O–H groups in total. The van der Waals surface area contributed by atoms with Gasteiger partial charge < -0.3 is 4.74 Å². The summed E-state index contributed by atoms with van der Waals surface area (Å²) in [5.74, 6) is 0.823. The first-order valence-electron chi connectivity index (χ1n) is 9.73. The molecule has 146 valence electrons. The third kappa shape index (κ3) is 4.48. The van der Waals surface area contributed by atoms with Crippen LogP contribution >= 0.6 is 11.3 Å². The van der Waals surface area contributed by atoms with Gasteiger partial charge in [0, 0.05) is 10.9 Å². The van der Waals surface area contributed by atoms with Crippen LogP contribution in [0.1, 0.15) is 17.5 Å². The Morgan fingerprint density at radius 2 is 1.60 bits per heavy atom. The molecule has 4 aromatic rings. The summed E-state index contributed by atoms with van der Waals surface area (Å²) in [6, 6.07) is 28.6. The van der Waals surface area contributed by atoms with Crippen LogP contribution in [0.4, 0.5) is 0 Å². The zero-order valence-corrected chi connectivity index (χ0v) is 17.4. The quantitative estimate of drug-likeness (QED) is 0.325. The Balaban J connectivity index is 1.56. The summed E-state index contributed by atoms with van der Waals surface area (Å²) in [6.45, 7) is 2.59. The van der Waals surface area contributed by atoms with E-state index in [9.17, 15) is 5.26 Å². The molecule has 0 atom stereocenters. The first-order chi connectivity index (χ1) is 14.8. The van der Waals surface area contributed by atoms with E-state index in [0.29, 0.717) is 17.2 Å². The predicted molar refractivity (Wildman–Crippen MR) is 124 cm³/mol. The van der Waals surface area contributed by atoms with Gasteiger partial charge in [0.1, 0.15) is 16.8 Å². The van der Waals surface area contributed by atoms with E-state index < -0.39 is 0 Å². The molecule has 0 unspecified atom stereocenters. The minimum absolute atomic E-state index is 0.552. The van der Waals surface area contributed by atoms with Crippen LogP contribution in [0.2, 0.25) is 0 Å². The van der Waals surface area contributed by atoms with E-state index in [1.807, 2.05) is 60.8 Å². The second-order valence-electron chi connectivity index (χ2n) is 6.65. The SMILES string of the molecule is CCOc1ccc(/C=C(\C#N)c2nc(-c3ccc(-c4ccccc4)cc3)cs2)cc1. The number of nitrogens with zero attached hydrogens (tertiary/aromatic N) is 2. The van der Waals surface area contributed by atoms with E-state index in [-0.39, 0.29) is 0 Å². The van der Waals surface area contributed by atoms with Gasteiger partial charge in [0.25, 0.3) is 0 Å². The number of hydrogen-bond acceptors (Lipinski definition) is 4. The van der Waals surface area contributed by atoms with E-state index in [1.165, 1.54) is 22.5 Å². The van der Waals surface area contributed by atoms with Crippen molar-refractivity contribution >= 4 is 23.0 Å². The lowest BCUT2D eigenvalue weighted by Crippen LogP contribution is -1.90. The first-order valence-corrected chi connectivity index (χ1v) is 10.6. The molecule has 0 aliphatic rings. The van der Waals surface area contributed by atoms with Crippen LogP contribution in [0, 0.1) is 11.3 Å². The molecule has 0 saturated carbocycles. The Morgan fingerprint density at radius 1 is 0.933 bits per heavy atom. The van der Waals surface area contributed by atoms with Gasteiger partial charge in [-0.15, -0.1) is 11.3 Å². The molecule has 0 amide bonds. The van der Waals surface area contributed by atoms with Crippen LogP contribution in [-0.2, 0) is 0 Å². The summed E-state index contributed by atoms with van der Waals surface area (Å²) in [5.41, 5.74) is 5.77. The van der Waals surface area contributed by atoms with Crippen LogP contribution in [0.3, 0.4) is 0 Å². The number of hydrogen-bond donors (Lipinski definition) is 0. The molecular weight excluding hydrogens is 388 g/mol. The normalized spacial score (nSPS) is 11.1. The fourth-order valence-corrected chi connectivity index (χ4v) is 3.92. The molecule has 0 aliphatic carbocycles. The summed E-state index contributed by atoms with van der Waals surface area (Å²) >= 11 is 1.48. The molecular formula is C26H20N2OS. The maximum absolute atomic E-state index is 9.65. The minimum Gasteiger partial charge on any atom is -0.494 e. The van der Waals surface area contributed by atoms with Gasteiger partial charge in [-0.25, -0.2) is 4.98 Å². The van der Waals surface area contributed by atoms with Crippen LogP contribution < -0.4 is 4.74 Å². The highest BCUT2D eigenvalue weighted by Crippen LogP contribution is 2.29. The Bertz CT molecular complexity index is 1180. The number of nitriles is 1. The average molecular weight is 409 g/mol. The molecule has 3 nitrogen and oxygen atoms in total. The van der Waals surface area contributed by atoms with Crippen molar-refractivity contribution in [2.24, 2.45) is 0 Å². The predicted octanol–water partition coefficient (Wildman–Crippen LogP) is 6.94. The van der Waals surface area contributed by atoms with E-state index in [4.69, 9.17) is 9.72 Å². The summed E-state index contributed by atoms with van der Waals surface area (Å²) in [6.07, 6.45) is 1.86. The van der Waals surface area contributed by atoms with Crippen LogP contribution in [0.25, 0.3) is 34.0 Å². The molecule has 0 aliphatic heterocycles. The molecule has 1 aromatic heterocycles. The van der Waals surface area contributed by atoms with Gasteiger partial charge in [0.2, 0.25) is 0 Å². The van der Waals surface area contributed by atoms with Gasteiger partial charge in [-0.2, -0.15) is 5.26 Å². The lowest BCUT2D eigenvalue weighted by atomic mass is 10.0. The van der Waals surface area contributed by atoms with Crippen molar-refractivity contribution in [2.75, 3.05) is 6.61 Å². The van der Waals surface area contributed by atoms with E-state index in [2.05, 4.69) is 42.5 Å². The van der Waals surface area contributed by atoms with Gasteiger partial charge in [0.05, 0.1) is 17.9 Å². The smallest absolute Gasteiger partial charge is 0.134 e. The maximum atomic E-state index is 9.65. The lowest BCUT2D eigenvalue weighted by molar-refractivity contribution is 0.340. The Kier molecular flexibility index (Phi) is 6.03. The molecule has 0 radical (unpaired) electrons. The van der Waals surface area contributed by atoms with Crippen LogP contribution in [-0.4, -0.2) is 11.6 Å². The Morgan fingerprint density at radius 3 is 2.27 bits per heavy atom. The monoisotopic (exact) mass is 408 g/mol. The summed E-state index contributed by atoms with van der Waals surface area (Å²) in [4.78, 5) is 4.70. The van der Waals surface area contributed by atoms with E-state index >= 15 is 0 Å². The van der Waals surface area contributed by atoms with Crippen molar-refractivity contribution in [1.82, 2.24) is 4.98 Å². The summed E-state index contributed by atoms with van der Waals surface area (Å²) in [5, 5.41) is 12.4. The number of allylic oxidation sites excluding steroid dienone is 1. The topological polar surface area (TPSA) is 45.9 Å². The minimum atomic E-state index is 0.552. The average Bonchev–Trinajstić information content (AvgIpc) is 3.29. The third-order valence-electron chi connectivity index (χ3n) is 4.64. The summed E-state index contributed by atoms with van der Waals surface area (Å²) < 4.78 is 5.47. The molecule has 4 heteroatoms. The van der Waals surface area contributed by atoms with E-state index in [0.717, 1.165) is 22.6 Å². The standard InChI is InChI=1S/C26H20N2OS/c1-2-29-24-14-8-19(9-15-24)16-23(17-27)26-28-25(18-30-26)22-12-10-21(11-13-22)20-6-4-3-5-7-20/h3-16,18H,2H2,1H3/b23-16+. The lowest BCUT2D eigenvalue weighted by Gasteiger charge is -2.03. The van der Waals surface area contributed by atoms with Crippen LogP contribution in [0.5, 0.6) is 5.75 Å². The van der Waals surface area contributed by atoms with Crippen molar-refractivity contribution in [2.45, 2.75) is 6.92 Å².